The topological polar surface area (TPSA) is 70.0 Å². The summed E-state index contributed by atoms with van der Waals surface area (Å²) in [5, 5.41) is 10.7. The van der Waals surface area contributed by atoms with Gasteiger partial charge in [-0.25, -0.2) is 0 Å². The number of aromatic nitrogens is 3. The lowest BCUT2D eigenvalue weighted by Gasteiger charge is -2.30. The molecule has 2 N–H and O–H groups in total. The molecule has 3 heterocycles. The van der Waals surface area contributed by atoms with Crippen molar-refractivity contribution in [2.75, 3.05) is 24.5 Å². The van der Waals surface area contributed by atoms with E-state index in [9.17, 15) is 0 Å². The Morgan fingerprint density at radius 3 is 3.11 bits per heavy atom. The highest BCUT2D eigenvalue weighted by molar-refractivity contribution is 5.58. The fraction of sp³-hybridized carbons (Fsp3) is 0.500. The van der Waals surface area contributed by atoms with Crippen LogP contribution in [-0.4, -0.2) is 40.9 Å². The summed E-state index contributed by atoms with van der Waals surface area (Å²) in [4.78, 5) is 6.73. The number of aromatic amines is 1. The number of hydrogen-bond donors (Lipinski definition) is 2. The minimum absolute atomic E-state index is 0.469. The lowest BCUT2D eigenvalue weighted by Crippen LogP contribution is -2.49. The maximum atomic E-state index is 5.28. The molecule has 1 saturated heterocycles. The third kappa shape index (κ3) is 1.99. The van der Waals surface area contributed by atoms with Gasteiger partial charge in [0.1, 0.15) is 5.76 Å². The van der Waals surface area contributed by atoms with Crippen LogP contribution in [0.25, 0.3) is 11.4 Å². The van der Waals surface area contributed by atoms with Crippen molar-refractivity contribution in [3.63, 3.8) is 0 Å². The summed E-state index contributed by atoms with van der Waals surface area (Å²) in [6.07, 6.45) is 1.67. The van der Waals surface area contributed by atoms with E-state index >= 15 is 0 Å². The van der Waals surface area contributed by atoms with Crippen molar-refractivity contribution in [3.8, 4) is 11.4 Å². The van der Waals surface area contributed by atoms with Gasteiger partial charge in [-0.1, -0.05) is 0 Å². The maximum absolute atomic E-state index is 5.28. The first-order valence-corrected chi connectivity index (χ1v) is 6.19. The van der Waals surface area contributed by atoms with E-state index in [4.69, 9.17) is 4.42 Å². The standard InChI is InChI=1S/C12H17N5O/c1-8-7-17(5-4-13-8)12-14-11(15-16-12)10-3-6-18-9(10)2/h3,6,8,13H,4-5,7H2,1-2H3,(H,14,15,16)/t8-/m0/s1. The number of H-pyrrole nitrogens is 1. The molecule has 1 aliphatic rings. The second kappa shape index (κ2) is 4.45. The van der Waals surface area contributed by atoms with E-state index in [-0.39, 0.29) is 0 Å². The van der Waals surface area contributed by atoms with E-state index in [1.165, 1.54) is 0 Å². The maximum Gasteiger partial charge on any atom is 0.245 e. The summed E-state index contributed by atoms with van der Waals surface area (Å²) >= 11 is 0. The molecule has 18 heavy (non-hydrogen) atoms. The van der Waals surface area contributed by atoms with Crippen molar-refractivity contribution < 1.29 is 4.42 Å². The average molecular weight is 247 g/mol. The van der Waals surface area contributed by atoms with Gasteiger partial charge in [0.15, 0.2) is 5.82 Å². The molecule has 6 heteroatoms. The fourth-order valence-electron chi connectivity index (χ4n) is 2.26. The Labute approximate surface area is 105 Å². The average Bonchev–Trinajstić information content (AvgIpc) is 2.97. The quantitative estimate of drug-likeness (QED) is 0.833. The van der Waals surface area contributed by atoms with Crippen LogP contribution >= 0.6 is 0 Å². The number of hydrogen-bond acceptors (Lipinski definition) is 5. The van der Waals surface area contributed by atoms with Crippen LogP contribution in [0.5, 0.6) is 0 Å². The van der Waals surface area contributed by atoms with Gasteiger partial charge in [-0.15, -0.1) is 5.10 Å². The van der Waals surface area contributed by atoms with E-state index in [0.717, 1.165) is 42.7 Å². The number of nitrogens with one attached hydrogen (secondary N) is 2. The molecule has 0 aliphatic carbocycles. The van der Waals surface area contributed by atoms with E-state index in [2.05, 4.69) is 32.3 Å². The van der Waals surface area contributed by atoms with E-state index in [1.807, 2.05) is 13.0 Å². The number of piperazine rings is 1. The lowest BCUT2D eigenvalue weighted by molar-refractivity contribution is 0.480. The molecule has 0 aromatic carbocycles. The van der Waals surface area contributed by atoms with E-state index in [0.29, 0.717) is 6.04 Å². The molecule has 0 radical (unpaired) electrons. The molecule has 1 fully saturated rings. The van der Waals surface area contributed by atoms with Crippen LogP contribution < -0.4 is 10.2 Å². The molecule has 2 aromatic rings. The van der Waals surface area contributed by atoms with Gasteiger partial charge in [0, 0.05) is 25.7 Å². The summed E-state index contributed by atoms with van der Waals surface area (Å²) in [6.45, 7) is 6.92. The fourth-order valence-corrected chi connectivity index (χ4v) is 2.26. The molecule has 96 valence electrons. The molecule has 1 atom stereocenters. The molecule has 1 aliphatic heterocycles. The zero-order valence-corrected chi connectivity index (χ0v) is 10.6. The van der Waals surface area contributed by atoms with Gasteiger partial charge in [0.2, 0.25) is 5.95 Å². The van der Waals surface area contributed by atoms with Crippen molar-refractivity contribution in [1.82, 2.24) is 20.5 Å². The zero-order valence-electron chi connectivity index (χ0n) is 10.6. The molecule has 0 unspecified atom stereocenters. The Hall–Kier alpha value is -1.82. The highest BCUT2D eigenvalue weighted by atomic mass is 16.3. The van der Waals surface area contributed by atoms with Crippen molar-refractivity contribution in [1.29, 1.82) is 0 Å². The second-order valence-electron chi connectivity index (χ2n) is 4.68. The van der Waals surface area contributed by atoms with Gasteiger partial charge < -0.3 is 14.6 Å². The molecule has 0 amide bonds. The Balaban J connectivity index is 1.83. The number of rotatable bonds is 2. The van der Waals surface area contributed by atoms with Gasteiger partial charge >= 0.3 is 0 Å². The van der Waals surface area contributed by atoms with Gasteiger partial charge in [-0.05, 0) is 19.9 Å². The molecule has 0 bridgehead atoms. The Kier molecular flexibility index (Phi) is 2.79. The second-order valence-corrected chi connectivity index (χ2v) is 4.68. The number of furan rings is 1. The number of anilines is 1. The molecule has 2 aromatic heterocycles. The van der Waals surface area contributed by atoms with Gasteiger partial charge in [-0.2, -0.15) is 4.98 Å². The van der Waals surface area contributed by atoms with Crippen LogP contribution in [0.2, 0.25) is 0 Å². The lowest BCUT2D eigenvalue weighted by atomic mass is 10.2. The van der Waals surface area contributed by atoms with Gasteiger partial charge in [-0.3, -0.25) is 5.10 Å². The highest BCUT2D eigenvalue weighted by Crippen LogP contribution is 2.22. The first-order chi connectivity index (χ1) is 8.74. The van der Waals surface area contributed by atoms with Crippen LogP contribution in [0.15, 0.2) is 16.7 Å². The number of aryl methyl sites for hydroxylation is 1. The van der Waals surface area contributed by atoms with Gasteiger partial charge in [0.25, 0.3) is 0 Å². The predicted octanol–water partition coefficient (Wildman–Crippen LogP) is 1.17. The van der Waals surface area contributed by atoms with Crippen LogP contribution in [0, 0.1) is 6.92 Å². The van der Waals surface area contributed by atoms with E-state index in [1.54, 1.807) is 6.26 Å². The zero-order chi connectivity index (χ0) is 12.5. The Morgan fingerprint density at radius 2 is 2.39 bits per heavy atom. The van der Waals surface area contributed by atoms with Crippen molar-refractivity contribution in [2.24, 2.45) is 0 Å². The van der Waals surface area contributed by atoms with Crippen molar-refractivity contribution in [2.45, 2.75) is 19.9 Å². The largest absolute Gasteiger partial charge is 0.469 e. The van der Waals surface area contributed by atoms with E-state index < -0.39 is 0 Å². The van der Waals surface area contributed by atoms with Crippen LogP contribution in [0.1, 0.15) is 12.7 Å². The highest BCUT2D eigenvalue weighted by Gasteiger charge is 2.20. The molecule has 3 rings (SSSR count). The molecule has 0 saturated carbocycles. The Bertz CT molecular complexity index is 532. The van der Waals surface area contributed by atoms with Crippen LogP contribution in [0.4, 0.5) is 5.95 Å². The normalized spacial score (nSPS) is 20.3. The van der Waals surface area contributed by atoms with Gasteiger partial charge in [0.05, 0.1) is 11.8 Å². The number of nitrogens with zero attached hydrogens (tertiary/aromatic N) is 3. The Morgan fingerprint density at radius 1 is 1.50 bits per heavy atom. The van der Waals surface area contributed by atoms with Crippen LogP contribution in [-0.2, 0) is 0 Å². The predicted molar refractivity (Wildman–Crippen MR) is 68.5 cm³/mol. The minimum atomic E-state index is 0.469. The van der Waals surface area contributed by atoms with Crippen LogP contribution in [0.3, 0.4) is 0 Å². The first-order valence-electron chi connectivity index (χ1n) is 6.19. The summed E-state index contributed by atoms with van der Waals surface area (Å²) < 4.78 is 5.28. The molecular formula is C12H17N5O. The monoisotopic (exact) mass is 247 g/mol. The molecular weight excluding hydrogens is 230 g/mol. The van der Waals surface area contributed by atoms with Crippen molar-refractivity contribution in [3.05, 3.63) is 18.1 Å². The minimum Gasteiger partial charge on any atom is -0.469 e. The third-order valence-corrected chi connectivity index (χ3v) is 3.24. The third-order valence-electron chi connectivity index (χ3n) is 3.24. The molecule has 0 spiro atoms. The summed E-state index contributed by atoms with van der Waals surface area (Å²) in [7, 11) is 0. The SMILES string of the molecule is Cc1occc1-c1nc(N2CCN[C@@H](C)C2)n[nH]1. The smallest absolute Gasteiger partial charge is 0.245 e. The summed E-state index contributed by atoms with van der Waals surface area (Å²) in [6, 6.07) is 2.37. The molecule has 6 nitrogen and oxygen atoms in total. The summed E-state index contributed by atoms with van der Waals surface area (Å²) in [5.74, 6) is 2.38. The van der Waals surface area contributed by atoms with Crippen molar-refractivity contribution >= 4 is 5.95 Å². The summed E-state index contributed by atoms with van der Waals surface area (Å²) in [5.41, 5.74) is 0.969. The first kappa shape index (κ1) is 11.3.